The number of nitrogens with one attached hydrogen (secondary N) is 2. The first-order valence-electron chi connectivity index (χ1n) is 10.4. The van der Waals surface area contributed by atoms with E-state index >= 15 is 0 Å². The summed E-state index contributed by atoms with van der Waals surface area (Å²) in [5.41, 5.74) is 13.2. The van der Waals surface area contributed by atoms with Gasteiger partial charge in [0.15, 0.2) is 11.6 Å². The van der Waals surface area contributed by atoms with Gasteiger partial charge >= 0.3 is 0 Å². The first kappa shape index (κ1) is 22.4. The molecule has 1 aromatic carbocycles. The van der Waals surface area contributed by atoms with E-state index in [0.29, 0.717) is 11.6 Å². The molecule has 0 radical (unpaired) electrons. The number of halogens is 1. The highest BCUT2D eigenvalue weighted by Gasteiger charge is 2.22. The molecule has 2 heterocycles. The minimum atomic E-state index is -0.771. The van der Waals surface area contributed by atoms with Crippen LogP contribution in [0.1, 0.15) is 44.0 Å². The monoisotopic (exact) mass is 424 g/mol. The van der Waals surface area contributed by atoms with Gasteiger partial charge in [-0.15, -0.1) is 0 Å². The SMILES string of the molecule is CC[C@H](N)[C@@H](CC(C)C)Nc1nc(Nc2ccc3ncccc3c2)c(C(N)=O)cc1F. The molecule has 0 aliphatic carbocycles. The van der Waals surface area contributed by atoms with E-state index in [1.807, 2.05) is 37.3 Å². The summed E-state index contributed by atoms with van der Waals surface area (Å²) in [6, 6.07) is 10.1. The molecule has 0 saturated heterocycles. The molecular weight excluding hydrogens is 395 g/mol. The van der Waals surface area contributed by atoms with Gasteiger partial charge in [0.05, 0.1) is 11.1 Å². The Kier molecular flexibility index (Phi) is 7.02. The third-order valence-electron chi connectivity index (χ3n) is 5.14. The fourth-order valence-electron chi connectivity index (χ4n) is 3.47. The third kappa shape index (κ3) is 5.46. The lowest BCUT2D eigenvalue weighted by atomic mass is 9.96. The number of aromatic nitrogens is 2. The smallest absolute Gasteiger partial charge is 0.252 e. The lowest BCUT2D eigenvalue weighted by Crippen LogP contribution is -2.41. The molecule has 164 valence electrons. The van der Waals surface area contributed by atoms with Gasteiger partial charge in [0.25, 0.3) is 5.91 Å². The van der Waals surface area contributed by atoms with Crippen molar-refractivity contribution in [3.05, 3.63) is 54.0 Å². The van der Waals surface area contributed by atoms with Crippen molar-refractivity contribution >= 4 is 34.1 Å². The Morgan fingerprint density at radius 1 is 1.19 bits per heavy atom. The average Bonchev–Trinajstić information content (AvgIpc) is 2.74. The summed E-state index contributed by atoms with van der Waals surface area (Å²) in [7, 11) is 0. The molecule has 3 rings (SSSR count). The van der Waals surface area contributed by atoms with E-state index in [-0.39, 0.29) is 29.3 Å². The van der Waals surface area contributed by atoms with Gasteiger partial charge in [-0.2, -0.15) is 0 Å². The van der Waals surface area contributed by atoms with Crippen molar-refractivity contribution in [3.8, 4) is 0 Å². The van der Waals surface area contributed by atoms with Crippen LogP contribution in [0.4, 0.5) is 21.7 Å². The molecule has 1 amide bonds. The van der Waals surface area contributed by atoms with Crippen molar-refractivity contribution in [1.29, 1.82) is 0 Å². The summed E-state index contributed by atoms with van der Waals surface area (Å²) in [5, 5.41) is 7.15. The van der Waals surface area contributed by atoms with Crippen LogP contribution in [-0.2, 0) is 0 Å². The summed E-state index contributed by atoms with van der Waals surface area (Å²) in [6.45, 7) is 6.15. The molecule has 7 nitrogen and oxygen atoms in total. The fraction of sp³-hybridized carbons (Fsp3) is 0.348. The number of nitrogens with two attached hydrogens (primary N) is 2. The predicted octanol–water partition coefficient (Wildman–Crippen LogP) is 4.18. The lowest BCUT2D eigenvalue weighted by molar-refractivity contribution is 0.100. The van der Waals surface area contributed by atoms with Crippen LogP contribution in [0.15, 0.2) is 42.6 Å². The zero-order valence-electron chi connectivity index (χ0n) is 18.0. The van der Waals surface area contributed by atoms with Crippen LogP contribution in [0.25, 0.3) is 10.9 Å². The second kappa shape index (κ2) is 9.70. The highest BCUT2D eigenvalue weighted by Crippen LogP contribution is 2.27. The number of amides is 1. The number of anilines is 3. The summed E-state index contributed by atoms with van der Waals surface area (Å²) in [6.07, 6.45) is 3.21. The molecule has 0 unspecified atom stereocenters. The highest BCUT2D eigenvalue weighted by molar-refractivity contribution is 5.99. The molecule has 6 N–H and O–H groups in total. The number of pyridine rings is 2. The van der Waals surface area contributed by atoms with E-state index in [9.17, 15) is 9.18 Å². The topological polar surface area (TPSA) is 119 Å². The lowest BCUT2D eigenvalue weighted by Gasteiger charge is -2.27. The summed E-state index contributed by atoms with van der Waals surface area (Å²) in [4.78, 5) is 20.6. The summed E-state index contributed by atoms with van der Waals surface area (Å²) >= 11 is 0. The van der Waals surface area contributed by atoms with Crippen molar-refractivity contribution in [1.82, 2.24) is 9.97 Å². The highest BCUT2D eigenvalue weighted by atomic mass is 19.1. The minimum absolute atomic E-state index is 0.0319. The number of rotatable bonds is 9. The number of benzene rings is 1. The van der Waals surface area contributed by atoms with Gasteiger partial charge in [0.2, 0.25) is 0 Å². The maximum atomic E-state index is 14.8. The zero-order valence-corrected chi connectivity index (χ0v) is 18.0. The Labute approximate surface area is 181 Å². The van der Waals surface area contributed by atoms with Gasteiger partial charge in [-0.05, 0) is 49.1 Å². The molecule has 2 aromatic heterocycles. The Hall–Kier alpha value is -3.26. The van der Waals surface area contributed by atoms with Crippen LogP contribution in [0.3, 0.4) is 0 Å². The standard InChI is InChI=1S/C23H29FN6O/c1-4-18(25)20(10-13(2)3)29-23-17(24)12-16(21(26)31)22(30-23)28-15-7-8-19-14(11-15)6-5-9-27-19/h5-9,11-13,18,20H,4,10,25H2,1-3H3,(H2,26,31)(H2,28,29,30)/t18-,20+/m0/s1. The van der Waals surface area contributed by atoms with E-state index in [1.54, 1.807) is 6.20 Å². The maximum Gasteiger partial charge on any atom is 0.252 e. The van der Waals surface area contributed by atoms with Crippen LogP contribution in [0.2, 0.25) is 0 Å². The van der Waals surface area contributed by atoms with E-state index < -0.39 is 11.7 Å². The second-order valence-corrected chi connectivity index (χ2v) is 8.07. The molecule has 0 aliphatic heterocycles. The van der Waals surface area contributed by atoms with Crippen molar-refractivity contribution in [2.45, 2.75) is 45.7 Å². The molecule has 8 heteroatoms. The van der Waals surface area contributed by atoms with Crippen LogP contribution in [0, 0.1) is 11.7 Å². The first-order chi connectivity index (χ1) is 14.8. The summed E-state index contributed by atoms with van der Waals surface area (Å²) in [5.74, 6) is -0.851. The van der Waals surface area contributed by atoms with Crippen molar-refractivity contribution in [3.63, 3.8) is 0 Å². The quantitative estimate of drug-likeness (QED) is 0.409. The predicted molar refractivity (Wildman–Crippen MR) is 123 cm³/mol. The molecular formula is C23H29FN6O. The number of hydrogen-bond donors (Lipinski definition) is 4. The van der Waals surface area contributed by atoms with Crippen LogP contribution >= 0.6 is 0 Å². The number of carbonyl (C=O) groups is 1. The second-order valence-electron chi connectivity index (χ2n) is 8.07. The molecule has 0 saturated carbocycles. The van der Waals surface area contributed by atoms with E-state index in [1.165, 1.54) is 0 Å². The average molecular weight is 425 g/mol. The molecule has 0 aliphatic rings. The van der Waals surface area contributed by atoms with Crippen molar-refractivity contribution in [2.75, 3.05) is 10.6 Å². The van der Waals surface area contributed by atoms with Crippen molar-refractivity contribution in [2.24, 2.45) is 17.4 Å². The number of nitrogens with zero attached hydrogens (tertiary/aromatic N) is 2. The molecule has 3 aromatic rings. The maximum absolute atomic E-state index is 14.8. The zero-order chi connectivity index (χ0) is 22.5. The van der Waals surface area contributed by atoms with Crippen LogP contribution in [-0.4, -0.2) is 28.0 Å². The van der Waals surface area contributed by atoms with E-state index in [0.717, 1.165) is 29.8 Å². The van der Waals surface area contributed by atoms with Gasteiger partial charge in [0.1, 0.15) is 5.82 Å². The Bertz CT molecular complexity index is 1070. The van der Waals surface area contributed by atoms with Gasteiger partial charge in [-0.25, -0.2) is 9.37 Å². The number of fused-ring (bicyclic) bond motifs is 1. The number of carbonyl (C=O) groups excluding carboxylic acids is 1. The molecule has 31 heavy (non-hydrogen) atoms. The molecule has 2 atom stereocenters. The normalized spacial score (nSPS) is 13.2. The van der Waals surface area contributed by atoms with Gasteiger partial charge in [0, 0.05) is 29.4 Å². The van der Waals surface area contributed by atoms with Crippen LogP contribution in [0.5, 0.6) is 0 Å². The Morgan fingerprint density at radius 3 is 2.65 bits per heavy atom. The molecule has 0 spiro atoms. The van der Waals surface area contributed by atoms with Gasteiger partial charge in [-0.1, -0.05) is 26.8 Å². The van der Waals surface area contributed by atoms with E-state index in [4.69, 9.17) is 11.5 Å². The molecule has 0 bridgehead atoms. The molecule has 0 fully saturated rings. The van der Waals surface area contributed by atoms with Gasteiger partial charge in [-0.3, -0.25) is 9.78 Å². The van der Waals surface area contributed by atoms with Crippen molar-refractivity contribution < 1.29 is 9.18 Å². The van der Waals surface area contributed by atoms with Crippen LogP contribution < -0.4 is 22.1 Å². The number of hydrogen-bond acceptors (Lipinski definition) is 6. The fourth-order valence-corrected chi connectivity index (χ4v) is 3.47. The Balaban J connectivity index is 1.97. The van der Waals surface area contributed by atoms with E-state index in [2.05, 4.69) is 34.4 Å². The first-order valence-corrected chi connectivity index (χ1v) is 10.4. The summed E-state index contributed by atoms with van der Waals surface area (Å²) < 4.78 is 14.8. The Morgan fingerprint density at radius 2 is 1.97 bits per heavy atom. The minimum Gasteiger partial charge on any atom is -0.365 e. The largest absolute Gasteiger partial charge is 0.365 e. The third-order valence-corrected chi connectivity index (χ3v) is 5.14. The van der Waals surface area contributed by atoms with Gasteiger partial charge < -0.3 is 22.1 Å². The number of primary amides is 1.